The van der Waals surface area contributed by atoms with Gasteiger partial charge in [-0.15, -0.1) is 0 Å². The summed E-state index contributed by atoms with van der Waals surface area (Å²) in [6.45, 7) is 0. The molecule has 0 unspecified atom stereocenters. The number of aliphatic hydroxyl groups excluding tert-OH is 4. The first-order valence-corrected chi connectivity index (χ1v) is 8.50. The molecule has 0 bridgehead atoms. The molecule has 7 heteroatoms. The number of aliphatic carboxylic acids is 1. The summed E-state index contributed by atoms with van der Waals surface area (Å²) in [6.07, 6.45) is -8.58. The number of hydrogen-bond donors (Lipinski definition) is 6. The quantitative estimate of drug-likeness (QED) is 0.354. The van der Waals surface area contributed by atoms with E-state index in [2.05, 4.69) is 0 Å². The molecule has 6 N–H and O–H groups in total. The van der Waals surface area contributed by atoms with Crippen molar-refractivity contribution in [3.05, 3.63) is 71.8 Å². The highest BCUT2D eigenvalue weighted by Crippen LogP contribution is 2.26. The van der Waals surface area contributed by atoms with Gasteiger partial charge in [-0.3, -0.25) is 0 Å². The van der Waals surface area contributed by atoms with Crippen molar-refractivity contribution in [2.75, 3.05) is 0 Å². The third-order valence-corrected chi connectivity index (χ3v) is 4.51. The highest BCUT2D eigenvalue weighted by atomic mass is 16.4. The van der Waals surface area contributed by atoms with Crippen LogP contribution in [-0.4, -0.2) is 66.6 Å². The van der Waals surface area contributed by atoms with E-state index in [9.17, 15) is 30.3 Å². The SMILES string of the molecule is O=C(O)[C@H](O)[C@@H](O)[C@H](O)[C@H](O)C(O)(Cc1ccccc1)Cc1ccccc1. The second-order valence-corrected chi connectivity index (χ2v) is 6.64. The summed E-state index contributed by atoms with van der Waals surface area (Å²) in [5, 5.41) is 60.1. The fourth-order valence-corrected chi connectivity index (χ4v) is 3.01. The predicted molar refractivity (Wildman–Crippen MR) is 96.9 cm³/mol. The molecule has 0 aliphatic heterocycles. The fourth-order valence-electron chi connectivity index (χ4n) is 3.01. The van der Waals surface area contributed by atoms with Crippen LogP contribution in [0.25, 0.3) is 0 Å². The van der Waals surface area contributed by atoms with E-state index < -0.39 is 36.0 Å². The van der Waals surface area contributed by atoms with Crippen LogP contribution in [0.4, 0.5) is 0 Å². The zero-order valence-electron chi connectivity index (χ0n) is 14.6. The molecule has 0 fully saturated rings. The molecule has 0 heterocycles. The van der Waals surface area contributed by atoms with E-state index in [0.717, 1.165) is 0 Å². The Hall–Kier alpha value is -2.29. The molecule has 4 atom stereocenters. The number of carboxylic acids is 1. The summed E-state index contributed by atoms with van der Waals surface area (Å²) in [5.41, 5.74) is -0.563. The fraction of sp³-hybridized carbons (Fsp3) is 0.350. The average Bonchev–Trinajstić information content (AvgIpc) is 2.67. The van der Waals surface area contributed by atoms with Gasteiger partial charge in [0.15, 0.2) is 6.10 Å². The molecule has 0 saturated heterocycles. The van der Waals surface area contributed by atoms with Gasteiger partial charge in [0.2, 0.25) is 0 Å². The molecule has 0 aromatic heterocycles. The highest BCUT2D eigenvalue weighted by molar-refractivity contribution is 5.72. The molecule has 0 spiro atoms. The van der Waals surface area contributed by atoms with Crippen molar-refractivity contribution >= 4 is 5.97 Å². The molecule has 2 aromatic rings. The van der Waals surface area contributed by atoms with Crippen LogP contribution in [0.1, 0.15) is 11.1 Å². The molecule has 7 nitrogen and oxygen atoms in total. The van der Waals surface area contributed by atoms with Crippen LogP contribution in [0.2, 0.25) is 0 Å². The van der Waals surface area contributed by atoms with Gasteiger partial charge in [-0.25, -0.2) is 4.79 Å². The smallest absolute Gasteiger partial charge is 0.335 e. The zero-order valence-corrected chi connectivity index (χ0v) is 14.6. The van der Waals surface area contributed by atoms with Crippen molar-refractivity contribution in [3.63, 3.8) is 0 Å². The lowest BCUT2D eigenvalue weighted by Gasteiger charge is -2.38. The minimum absolute atomic E-state index is 0.0587. The van der Waals surface area contributed by atoms with Gasteiger partial charge < -0.3 is 30.6 Å². The third-order valence-electron chi connectivity index (χ3n) is 4.51. The lowest BCUT2D eigenvalue weighted by molar-refractivity contribution is -0.181. The maximum absolute atomic E-state index is 11.2. The largest absolute Gasteiger partial charge is 0.479 e. The minimum Gasteiger partial charge on any atom is -0.479 e. The first-order valence-electron chi connectivity index (χ1n) is 8.50. The van der Waals surface area contributed by atoms with Crippen LogP contribution in [0, 0.1) is 0 Å². The molecule has 0 aliphatic rings. The van der Waals surface area contributed by atoms with Crippen LogP contribution < -0.4 is 0 Å². The molecule has 146 valence electrons. The van der Waals surface area contributed by atoms with Crippen molar-refractivity contribution in [3.8, 4) is 0 Å². The summed E-state index contributed by atoms with van der Waals surface area (Å²) >= 11 is 0. The van der Waals surface area contributed by atoms with E-state index in [0.29, 0.717) is 11.1 Å². The maximum atomic E-state index is 11.2. The van der Waals surface area contributed by atoms with E-state index in [1.54, 1.807) is 60.7 Å². The lowest BCUT2D eigenvalue weighted by atomic mass is 9.79. The first kappa shape index (κ1) is 21.0. The van der Waals surface area contributed by atoms with Crippen LogP contribution in [0.15, 0.2) is 60.7 Å². The molecule has 0 amide bonds. The zero-order chi connectivity index (χ0) is 20.0. The maximum Gasteiger partial charge on any atom is 0.335 e. The molecule has 27 heavy (non-hydrogen) atoms. The van der Waals surface area contributed by atoms with Gasteiger partial charge in [0.1, 0.15) is 23.9 Å². The van der Waals surface area contributed by atoms with Crippen molar-refractivity contribution in [2.24, 2.45) is 0 Å². The van der Waals surface area contributed by atoms with Gasteiger partial charge in [0.05, 0.1) is 0 Å². The van der Waals surface area contributed by atoms with E-state index >= 15 is 0 Å². The number of carbonyl (C=O) groups is 1. The molecule has 0 aliphatic carbocycles. The molecule has 0 radical (unpaired) electrons. The second kappa shape index (κ2) is 9.07. The van der Waals surface area contributed by atoms with E-state index in [1.807, 2.05) is 0 Å². The van der Waals surface area contributed by atoms with Crippen LogP contribution in [0.5, 0.6) is 0 Å². The van der Waals surface area contributed by atoms with Gasteiger partial charge >= 0.3 is 5.97 Å². The Labute approximate surface area is 156 Å². The summed E-state index contributed by atoms with van der Waals surface area (Å²) in [4.78, 5) is 10.8. The molecule has 0 saturated carbocycles. The van der Waals surface area contributed by atoms with E-state index in [1.165, 1.54) is 0 Å². The number of aliphatic hydroxyl groups is 5. The van der Waals surface area contributed by atoms with Gasteiger partial charge in [-0.05, 0) is 11.1 Å². The number of rotatable bonds is 9. The highest BCUT2D eigenvalue weighted by Gasteiger charge is 2.45. The Morgan fingerprint density at radius 2 is 1.19 bits per heavy atom. The van der Waals surface area contributed by atoms with Crippen LogP contribution in [0.3, 0.4) is 0 Å². The van der Waals surface area contributed by atoms with Crippen molar-refractivity contribution < 1.29 is 35.4 Å². The number of carboxylic acid groups (broad SMARTS) is 1. The molecular formula is C20H24O7. The Morgan fingerprint density at radius 1 is 0.778 bits per heavy atom. The van der Waals surface area contributed by atoms with Crippen LogP contribution >= 0.6 is 0 Å². The molecule has 2 rings (SSSR count). The standard InChI is InChI=1S/C20H24O7/c21-15(17(23)19(25)26)16(22)18(24)20(27,11-13-7-3-1-4-8-13)12-14-9-5-2-6-10-14/h1-10,15-18,21-24,27H,11-12H2,(H,25,26)/t15-,16-,17+,18-/m0/s1. The Kier molecular flexibility index (Phi) is 7.06. The van der Waals surface area contributed by atoms with Crippen molar-refractivity contribution in [1.29, 1.82) is 0 Å². The van der Waals surface area contributed by atoms with Gasteiger partial charge in [0, 0.05) is 12.8 Å². The summed E-state index contributed by atoms with van der Waals surface area (Å²) < 4.78 is 0. The van der Waals surface area contributed by atoms with Crippen LogP contribution in [-0.2, 0) is 17.6 Å². The Bertz CT molecular complexity index is 678. The Morgan fingerprint density at radius 3 is 1.56 bits per heavy atom. The molecular weight excluding hydrogens is 352 g/mol. The minimum atomic E-state index is -2.30. The Balaban J connectivity index is 2.31. The first-order chi connectivity index (χ1) is 12.7. The second-order valence-electron chi connectivity index (χ2n) is 6.64. The number of hydrogen-bond acceptors (Lipinski definition) is 6. The van der Waals surface area contributed by atoms with Gasteiger partial charge in [0.25, 0.3) is 0 Å². The van der Waals surface area contributed by atoms with E-state index in [4.69, 9.17) is 5.11 Å². The number of benzene rings is 2. The molecule has 2 aromatic carbocycles. The van der Waals surface area contributed by atoms with Crippen molar-refractivity contribution in [2.45, 2.75) is 42.9 Å². The van der Waals surface area contributed by atoms with Gasteiger partial charge in [-0.2, -0.15) is 0 Å². The predicted octanol–water partition coefficient (Wildman–Crippen LogP) is -0.269. The third kappa shape index (κ3) is 5.35. The van der Waals surface area contributed by atoms with E-state index in [-0.39, 0.29) is 12.8 Å². The van der Waals surface area contributed by atoms with Gasteiger partial charge in [-0.1, -0.05) is 60.7 Å². The summed E-state index contributed by atoms with van der Waals surface area (Å²) in [6, 6.07) is 17.5. The average molecular weight is 376 g/mol. The van der Waals surface area contributed by atoms with Crippen molar-refractivity contribution in [1.82, 2.24) is 0 Å². The monoisotopic (exact) mass is 376 g/mol. The lowest BCUT2D eigenvalue weighted by Crippen LogP contribution is -2.58. The normalized spacial score (nSPS) is 16.3. The summed E-state index contributed by atoms with van der Waals surface area (Å²) in [5.74, 6) is -1.75. The summed E-state index contributed by atoms with van der Waals surface area (Å²) in [7, 11) is 0. The topological polar surface area (TPSA) is 138 Å².